The van der Waals surface area contributed by atoms with E-state index in [2.05, 4.69) is 27.8 Å². The molecule has 1 saturated heterocycles. The average Bonchev–Trinajstić information content (AvgIpc) is 3.31. The fourth-order valence-corrected chi connectivity index (χ4v) is 5.11. The van der Waals surface area contributed by atoms with Gasteiger partial charge in [-0.25, -0.2) is 0 Å². The summed E-state index contributed by atoms with van der Waals surface area (Å²) in [5.41, 5.74) is 1.39. The molecule has 0 saturated carbocycles. The number of ether oxygens (including phenoxy) is 1. The molecule has 0 N–H and O–H groups in total. The molecule has 1 aliphatic heterocycles. The lowest BCUT2D eigenvalue weighted by Gasteiger charge is -2.24. The third-order valence-electron chi connectivity index (χ3n) is 6.96. The smallest absolute Gasteiger partial charge is 0.193 e. The number of carbonyl (C=O) groups is 1. The Morgan fingerprint density at radius 2 is 1.41 bits per heavy atom. The Bertz CT molecular complexity index is 834. The lowest BCUT2D eigenvalue weighted by molar-refractivity contribution is 0.103. The fraction of sp³-hybridized carbons (Fsp3) is 0.567. The molecule has 34 heavy (non-hydrogen) atoms. The van der Waals surface area contributed by atoms with Crippen LogP contribution in [0.2, 0.25) is 0 Å². The molecule has 2 aromatic rings. The lowest BCUT2D eigenvalue weighted by atomic mass is 10.0. The molecule has 1 atom stereocenters. The summed E-state index contributed by atoms with van der Waals surface area (Å²) in [5, 5.41) is 0. The number of hydrogen-bond donors (Lipinski definition) is 0. The van der Waals surface area contributed by atoms with E-state index >= 15 is 0 Å². The van der Waals surface area contributed by atoms with Gasteiger partial charge >= 0.3 is 0 Å². The molecule has 4 heteroatoms. The van der Waals surface area contributed by atoms with E-state index < -0.39 is 0 Å². The monoisotopic (exact) mass is 527 g/mol. The number of halogens is 1. The summed E-state index contributed by atoms with van der Waals surface area (Å²) in [6.45, 7) is 5.42. The van der Waals surface area contributed by atoms with Gasteiger partial charge in [0.1, 0.15) is 12.4 Å². The van der Waals surface area contributed by atoms with Gasteiger partial charge in [0.25, 0.3) is 0 Å². The van der Waals surface area contributed by atoms with Gasteiger partial charge in [-0.15, -0.1) is 0 Å². The zero-order valence-corrected chi connectivity index (χ0v) is 22.5. The number of hydrogen-bond acceptors (Lipinski definition) is 3. The van der Waals surface area contributed by atoms with E-state index in [1.165, 1.54) is 90.1 Å². The van der Waals surface area contributed by atoms with Crippen LogP contribution in [0.4, 0.5) is 0 Å². The Morgan fingerprint density at radius 1 is 0.853 bits per heavy atom. The van der Waals surface area contributed by atoms with Crippen LogP contribution in [0.25, 0.3) is 0 Å². The van der Waals surface area contributed by atoms with Crippen molar-refractivity contribution in [3.63, 3.8) is 0 Å². The number of ketones is 1. The van der Waals surface area contributed by atoms with Crippen molar-refractivity contribution in [3.05, 3.63) is 64.1 Å². The Labute approximate surface area is 215 Å². The van der Waals surface area contributed by atoms with E-state index in [-0.39, 0.29) is 5.78 Å². The minimum atomic E-state index is 0.0394. The number of nitrogens with zero attached hydrogens (tertiary/aromatic N) is 1. The Morgan fingerprint density at radius 3 is 2.03 bits per heavy atom. The van der Waals surface area contributed by atoms with Gasteiger partial charge in [0, 0.05) is 21.6 Å². The minimum Gasteiger partial charge on any atom is -0.492 e. The Kier molecular flexibility index (Phi) is 12.2. The highest BCUT2D eigenvalue weighted by atomic mass is 79.9. The summed E-state index contributed by atoms with van der Waals surface area (Å²) in [6, 6.07) is 15.6. The van der Waals surface area contributed by atoms with Gasteiger partial charge in [0.2, 0.25) is 0 Å². The first-order valence-corrected chi connectivity index (χ1v) is 14.2. The first-order chi connectivity index (χ1) is 16.7. The highest BCUT2D eigenvalue weighted by Crippen LogP contribution is 2.22. The maximum atomic E-state index is 12.7. The van der Waals surface area contributed by atoms with Crippen molar-refractivity contribution in [3.8, 4) is 5.75 Å². The molecular weight excluding hydrogens is 486 g/mol. The summed E-state index contributed by atoms with van der Waals surface area (Å²) >= 11 is 3.41. The van der Waals surface area contributed by atoms with Crippen LogP contribution in [0.1, 0.15) is 99.9 Å². The van der Waals surface area contributed by atoms with Crippen LogP contribution in [-0.2, 0) is 0 Å². The fourth-order valence-electron chi connectivity index (χ4n) is 4.84. The number of benzene rings is 2. The van der Waals surface area contributed by atoms with Crippen molar-refractivity contribution in [2.24, 2.45) is 0 Å². The molecule has 3 rings (SSSR count). The van der Waals surface area contributed by atoms with E-state index in [0.29, 0.717) is 17.2 Å². The van der Waals surface area contributed by atoms with E-state index in [1.807, 2.05) is 48.5 Å². The van der Waals surface area contributed by atoms with E-state index in [4.69, 9.17) is 4.74 Å². The van der Waals surface area contributed by atoms with Crippen LogP contribution in [0, 0.1) is 0 Å². The SMILES string of the molecule is CCCCCCCCCCCCN1CCCC1COc1ccc(C(=O)c2ccc(Br)cc2)cc1. The summed E-state index contributed by atoms with van der Waals surface area (Å²) in [6.07, 6.45) is 16.4. The van der Waals surface area contributed by atoms with Crippen LogP contribution in [0.5, 0.6) is 5.75 Å². The van der Waals surface area contributed by atoms with Crippen molar-refractivity contribution in [1.29, 1.82) is 0 Å². The number of rotatable bonds is 16. The van der Waals surface area contributed by atoms with Gasteiger partial charge < -0.3 is 4.74 Å². The van der Waals surface area contributed by atoms with E-state index in [0.717, 1.165) is 16.8 Å². The largest absolute Gasteiger partial charge is 0.492 e. The molecular formula is C30H42BrNO2. The highest BCUT2D eigenvalue weighted by molar-refractivity contribution is 9.10. The summed E-state index contributed by atoms with van der Waals surface area (Å²) in [4.78, 5) is 15.3. The molecule has 1 heterocycles. The maximum Gasteiger partial charge on any atom is 0.193 e. The lowest BCUT2D eigenvalue weighted by Crippen LogP contribution is -2.34. The molecule has 1 fully saturated rings. The van der Waals surface area contributed by atoms with Crippen LogP contribution in [0.3, 0.4) is 0 Å². The van der Waals surface area contributed by atoms with Crippen molar-refractivity contribution in [1.82, 2.24) is 4.90 Å². The molecule has 2 aromatic carbocycles. The maximum absolute atomic E-state index is 12.7. The number of likely N-dealkylation sites (tertiary alicyclic amines) is 1. The second-order valence-corrected chi connectivity index (χ2v) is 10.6. The topological polar surface area (TPSA) is 29.5 Å². The van der Waals surface area contributed by atoms with Crippen molar-refractivity contribution < 1.29 is 9.53 Å². The summed E-state index contributed by atoms with van der Waals surface area (Å²) in [7, 11) is 0. The average molecular weight is 529 g/mol. The van der Waals surface area contributed by atoms with Crippen LogP contribution >= 0.6 is 15.9 Å². The van der Waals surface area contributed by atoms with Crippen molar-refractivity contribution in [2.75, 3.05) is 19.7 Å². The van der Waals surface area contributed by atoms with Crippen LogP contribution in [0.15, 0.2) is 53.0 Å². The molecule has 0 aromatic heterocycles. The number of carbonyl (C=O) groups excluding carboxylic acids is 1. The number of unbranched alkanes of at least 4 members (excludes halogenated alkanes) is 9. The third-order valence-corrected chi connectivity index (χ3v) is 7.49. The first kappa shape index (κ1) is 26.9. The van der Waals surface area contributed by atoms with Gasteiger partial charge in [-0.2, -0.15) is 0 Å². The van der Waals surface area contributed by atoms with E-state index in [9.17, 15) is 4.79 Å². The Balaban J connectivity index is 1.32. The minimum absolute atomic E-state index is 0.0394. The molecule has 0 aliphatic carbocycles. The van der Waals surface area contributed by atoms with Crippen LogP contribution in [-0.4, -0.2) is 36.4 Å². The zero-order valence-electron chi connectivity index (χ0n) is 20.9. The zero-order chi connectivity index (χ0) is 24.0. The predicted molar refractivity (Wildman–Crippen MR) is 146 cm³/mol. The molecule has 186 valence electrons. The standard InChI is InChI=1S/C30H42BrNO2/c1-2-3-4-5-6-7-8-9-10-11-22-32-23-12-13-28(32)24-34-29-20-16-26(17-21-29)30(33)25-14-18-27(31)19-15-25/h14-21,28H,2-13,22-24H2,1H3. The van der Waals surface area contributed by atoms with Crippen molar-refractivity contribution >= 4 is 21.7 Å². The molecule has 1 aliphatic rings. The van der Waals surface area contributed by atoms with Gasteiger partial charge in [-0.1, -0.05) is 80.6 Å². The predicted octanol–water partition coefficient (Wildman–Crippen LogP) is 8.44. The van der Waals surface area contributed by atoms with Gasteiger partial charge in [0.05, 0.1) is 0 Å². The van der Waals surface area contributed by atoms with Gasteiger partial charge in [0.15, 0.2) is 5.78 Å². The second-order valence-electron chi connectivity index (χ2n) is 9.69. The quantitative estimate of drug-likeness (QED) is 0.162. The Hall–Kier alpha value is -1.65. The second kappa shape index (κ2) is 15.4. The molecule has 3 nitrogen and oxygen atoms in total. The molecule has 1 unspecified atom stereocenters. The van der Waals surface area contributed by atoms with Gasteiger partial charge in [-0.05, 0) is 80.9 Å². The molecule has 0 spiro atoms. The normalized spacial score (nSPS) is 16.1. The molecule has 0 radical (unpaired) electrons. The highest BCUT2D eigenvalue weighted by Gasteiger charge is 2.24. The summed E-state index contributed by atoms with van der Waals surface area (Å²) in [5.74, 6) is 0.885. The van der Waals surface area contributed by atoms with Gasteiger partial charge in [-0.3, -0.25) is 9.69 Å². The van der Waals surface area contributed by atoms with Crippen LogP contribution < -0.4 is 4.74 Å². The molecule has 0 bridgehead atoms. The first-order valence-electron chi connectivity index (χ1n) is 13.4. The van der Waals surface area contributed by atoms with E-state index in [1.54, 1.807) is 0 Å². The third kappa shape index (κ3) is 9.19. The summed E-state index contributed by atoms with van der Waals surface area (Å²) < 4.78 is 7.09. The molecule has 0 amide bonds. The van der Waals surface area contributed by atoms with Crippen molar-refractivity contribution in [2.45, 2.75) is 90.0 Å².